The highest BCUT2D eigenvalue weighted by atomic mass is 16.5. The van der Waals surface area contributed by atoms with E-state index in [0.29, 0.717) is 53.6 Å². The number of carbonyl (C=O) groups is 2. The molecule has 0 saturated carbocycles. The predicted molar refractivity (Wildman–Crippen MR) is 147 cm³/mol. The SMILES string of the molecule is COc1cc(OC)c([C@H]2C(=C(O)c3cnn(-c4ccccc4)c3C)C(=O)C(=O)N2CCCN(C)C)cc1OC. The second-order valence-corrected chi connectivity index (χ2v) is 9.49. The molecule has 1 atom stereocenters. The van der Waals surface area contributed by atoms with E-state index in [2.05, 4.69) is 5.10 Å². The molecule has 0 bridgehead atoms. The predicted octanol–water partition coefficient (Wildman–Crippen LogP) is 3.58. The number of rotatable bonds is 10. The quantitative estimate of drug-likeness (QED) is 0.239. The third-order valence-electron chi connectivity index (χ3n) is 6.84. The molecule has 2 aromatic carbocycles. The Balaban J connectivity index is 1.91. The van der Waals surface area contributed by atoms with E-state index in [1.807, 2.05) is 49.3 Å². The van der Waals surface area contributed by atoms with Gasteiger partial charge in [0.2, 0.25) is 0 Å². The lowest BCUT2D eigenvalue weighted by Gasteiger charge is -2.27. The van der Waals surface area contributed by atoms with Crippen molar-refractivity contribution in [3.05, 3.63) is 71.1 Å². The number of carbonyl (C=O) groups excluding carboxylic acids is 2. The number of likely N-dealkylation sites (tertiary alicyclic amines) is 1. The van der Waals surface area contributed by atoms with E-state index in [0.717, 1.165) is 5.69 Å². The number of hydrogen-bond donors (Lipinski definition) is 1. The molecule has 3 aromatic rings. The number of Topliss-reactive ketones (excluding diaryl/α,β-unsaturated/α-hetero) is 1. The summed E-state index contributed by atoms with van der Waals surface area (Å²) in [7, 11) is 8.39. The normalized spacial score (nSPS) is 16.7. The highest BCUT2D eigenvalue weighted by Gasteiger charge is 2.47. The largest absolute Gasteiger partial charge is 0.507 e. The van der Waals surface area contributed by atoms with E-state index >= 15 is 0 Å². The number of aliphatic hydroxyl groups excluding tert-OH is 1. The van der Waals surface area contributed by atoms with Crippen LogP contribution in [0, 0.1) is 6.92 Å². The lowest BCUT2D eigenvalue weighted by Crippen LogP contribution is -2.32. The van der Waals surface area contributed by atoms with E-state index in [9.17, 15) is 14.7 Å². The van der Waals surface area contributed by atoms with Crippen LogP contribution < -0.4 is 14.2 Å². The van der Waals surface area contributed by atoms with Gasteiger partial charge >= 0.3 is 0 Å². The van der Waals surface area contributed by atoms with E-state index < -0.39 is 17.7 Å². The molecule has 39 heavy (non-hydrogen) atoms. The lowest BCUT2D eigenvalue weighted by atomic mass is 9.94. The molecular weight excluding hydrogens is 500 g/mol. The van der Waals surface area contributed by atoms with Gasteiger partial charge in [-0.2, -0.15) is 5.10 Å². The molecule has 10 nitrogen and oxygen atoms in total. The van der Waals surface area contributed by atoms with Crippen LogP contribution in [0.3, 0.4) is 0 Å². The van der Waals surface area contributed by atoms with Crippen molar-refractivity contribution in [3.8, 4) is 22.9 Å². The zero-order valence-corrected chi connectivity index (χ0v) is 23.1. The summed E-state index contributed by atoms with van der Waals surface area (Å²) in [4.78, 5) is 30.4. The summed E-state index contributed by atoms with van der Waals surface area (Å²) in [5.74, 6) is -0.538. The Labute approximate surface area is 228 Å². The van der Waals surface area contributed by atoms with Gasteiger partial charge in [0, 0.05) is 18.2 Å². The molecule has 0 radical (unpaired) electrons. The molecule has 0 spiro atoms. The topological polar surface area (TPSA) is 106 Å². The fraction of sp³-hybridized carbons (Fsp3) is 0.345. The van der Waals surface area contributed by atoms with Crippen molar-refractivity contribution < 1.29 is 28.9 Å². The highest BCUT2D eigenvalue weighted by Crippen LogP contribution is 2.46. The van der Waals surface area contributed by atoms with Crippen molar-refractivity contribution in [2.45, 2.75) is 19.4 Å². The van der Waals surface area contributed by atoms with E-state index in [-0.39, 0.29) is 11.3 Å². The number of para-hydroxylation sites is 1. The lowest BCUT2D eigenvalue weighted by molar-refractivity contribution is -0.140. The minimum Gasteiger partial charge on any atom is -0.507 e. The van der Waals surface area contributed by atoms with Gasteiger partial charge < -0.3 is 29.1 Å². The molecule has 1 aliphatic rings. The average Bonchev–Trinajstić information content (AvgIpc) is 3.44. The first-order valence-electron chi connectivity index (χ1n) is 12.6. The molecule has 1 amide bonds. The Morgan fingerprint density at radius 3 is 2.26 bits per heavy atom. The molecule has 2 heterocycles. The van der Waals surface area contributed by atoms with Gasteiger partial charge in [-0.3, -0.25) is 9.59 Å². The maximum atomic E-state index is 13.5. The summed E-state index contributed by atoms with van der Waals surface area (Å²) >= 11 is 0. The Kier molecular flexibility index (Phi) is 8.25. The monoisotopic (exact) mass is 534 g/mol. The van der Waals surface area contributed by atoms with Crippen LogP contribution in [0.15, 0.2) is 54.2 Å². The number of ketones is 1. The van der Waals surface area contributed by atoms with Crippen molar-refractivity contribution in [2.24, 2.45) is 0 Å². The van der Waals surface area contributed by atoms with Crippen LogP contribution in [0.4, 0.5) is 0 Å². The summed E-state index contributed by atoms with van der Waals surface area (Å²) in [5, 5.41) is 16.1. The van der Waals surface area contributed by atoms with Crippen LogP contribution in [0.25, 0.3) is 11.4 Å². The number of nitrogens with zero attached hydrogens (tertiary/aromatic N) is 4. The zero-order valence-electron chi connectivity index (χ0n) is 23.1. The number of aliphatic hydroxyl groups is 1. The van der Waals surface area contributed by atoms with Crippen molar-refractivity contribution in [2.75, 3.05) is 48.5 Å². The van der Waals surface area contributed by atoms with Crippen LogP contribution in [0.2, 0.25) is 0 Å². The fourth-order valence-corrected chi connectivity index (χ4v) is 4.87. The zero-order chi connectivity index (χ0) is 28.3. The van der Waals surface area contributed by atoms with E-state index in [4.69, 9.17) is 14.2 Å². The number of methoxy groups -OCH3 is 3. The standard InChI is InChI=1S/C29H34N4O6/c1-18-21(17-30-33(18)19-11-8-7-9-12-19)27(34)25-26(32(29(36)28(25)35)14-10-13-31(2)3)20-15-23(38-5)24(39-6)16-22(20)37-4/h7-9,11-12,15-17,26,34H,10,13-14H2,1-6H3/t26-/m0/s1. The first-order valence-corrected chi connectivity index (χ1v) is 12.6. The summed E-state index contributed by atoms with van der Waals surface area (Å²) in [6.45, 7) is 2.81. The van der Waals surface area contributed by atoms with Gasteiger partial charge in [0.05, 0.1) is 56.1 Å². The summed E-state index contributed by atoms with van der Waals surface area (Å²) < 4.78 is 18.3. The number of hydrogen-bond acceptors (Lipinski definition) is 8. The maximum absolute atomic E-state index is 13.5. The van der Waals surface area contributed by atoms with Crippen molar-refractivity contribution in [1.29, 1.82) is 0 Å². The van der Waals surface area contributed by atoms with E-state index in [1.165, 1.54) is 32.4 Å². The van der Waals surface area contributed by atoms with Gasteiger partial charge in [0.15, 0.2) is 11.5 Å². The second kappa shape index (κ2) is 11.6. The molecule has 0 aliphatic carbocycles. The third kappa shape index (κ3) is 5.20. The van der Waals surface area contributed by atoms with Gasteiger partial charge in [0.25, 0.3) is 11.7 Å². The van der Waals surface area contributed by atoms with Gasteiger partial charge in [-0.15, -0.1) is 0 Å². The molecule has 1 saturated heterocycles. The van der Waals surface area contributed by atoms with E-state index in [1.54, 1.807) is 23.7 Å². The van der Waals surface area contributed by atoms with Gasteiger partial charge in [-0.1, -0.05) is 18.2 Å². The third-order valence-corrected chi connectivity index (χ3v) is 6.84. The first kappa shape index (κ1) is 27.7. The van der Waals surface area contributed by atoms with Crippen LogP contribution in [0.1, 0.15) is 29.3 Å². The van der Waals surface area contributed by atoms with Gasteiger partial charge in [-0.05, 0) is 52.2 Å². The van der Waals surface area contributed by atoms with Crippen LogP contribution in [-0.4, -0.2) is 84.9 Å². The number of amides is 1. The summed E-state index contributed by atoms with van der Waals surface area (Å²) in [6.07, 6.45) is 2.12. The fourth-order valence-electron chi connectivity index (χ4n) is 4.87. The Morgan fingerprint density at radius 1 is 1.00 bits per heavy atom. The Hall–Kier alpha value is -4.31. The molecule has 4 rings (SSSR count). The van der Waals surface area contributed by atoms with Crippen molar-refractivity contribution in [1.82, 2.24) is 19.6 Å². The minimum absolute atomic E-state index is 0.0360. The Morgan fingerprint density at radius 2 is 1.64 bits per heavy atom. The molecule has 1 aliphatic heterocycles. The average molecular weight is 535 g/mol. The molecule has 0 unspecified atom stereocenters. The first-order chi connectivity index (χ1) is 18.7. The molecular formula is C29H34N4O6. The summed E-state index contributed by atoms with van der Waals surface area (Å²) in [5.41, 5.74) is 2.24. The van der Waals surface area contributed by atoms with Crippen LogP contribution >= 0.6 is 0 Å². The molecule has 206 valence electrons. The van der Waals surface area contributed by atoms with Gasteiger partial charge in [-0.25, -0.2) is 4.68 Å². The molecule has 1 aromatic heterocycles. The Bertz CT molecular complexity index is 1400. The smallest absolute Gasteiger partial charge is 0.295 e. The molecule has 10 heteroatoms. The second-order valence-electron chi connectivity index (χ2n) is 9.49. The minimum atomic E-state index is -0.915. The van der Waals surface area contributed by atoms with Gasteiger partial charge in [0.1, 0.15) is 11.5 Å². The number of ether oxygens (including phenoxy) is 3. The van der Waals surface area contributed by atoms with Crippen molar-refractivity contribution >= 4 is 17.4 Å². The van der Waals surface area contributed by atoms with Crippen LogP contribution in [0.5, 0.6) is 17.2 Å². The van der Waals surface area contributed by atoms with Crippen molar-refractivity contribution in [3.63, 3.8) is 0 Å². The summed E-state index contributed by atoms with van der Waals surface area (Å²) in [6, 6.07) is 11.9. The van der Waals surface area contributed by atoms with Crippen LogP contribution in [-0.2, 0) is 9.59 Å². The molecule has 1 N–H and O–H groups in total. The number of benzene rings is 2. The molecule has 1 fully saturated rings. The number of aromatic nitrogens is 2. The highest BCUT2D eigenvalue weighted by molar-refractivity contribution is 6.46. The maximum Gasteiger partial charge on any atom is 0.295 e.